The lowest BCUT2D eigenvalue weighted by atomic mass is 10.0. The highest BCUT2D eigenvalue weighted by Crippen LogP contribution is 2.33. The Hall–Kier alpha value is -2.80. The molecule has 0 unspecified atom stereocenters. The van der Waals surface area contributed by atoms with Gasteiger partial charge < -0.3 is 13.9 Å². The Labute approximate surface area is 161 Å². The summed E-state index contributed by atoms with van der Waals surface area (Å²) in [4.78, 5) is 12.5. The topological polar surface area (TPSA) is 74.5 Å². The fourth-order valence-corrected chi connectivity index (χ4v) is 3.24. The maximum atomic E-state index is 12.5. The van der Waals surface area contributed by atoms with E-state index in [1.165, 1.54) is 11.8 Å². The van der Waals surface area contributed by atoms with Crippen molar-refractivity contribution in [1.82, 2.24) is 10.2 Å². The van der Waals surface area contributed by atoms with Gasteiger partial charge in [-0.25, -0.2) is 0 Å². The first-order valence-electron chi connectivity index (χ1n) is 8.31. The van der Waals surface area contributed by atoms with Crippen molar-refractivity contribution in [3.8, 4) is 23.0 Å². The number of nitrogens with zero attached hydrogens (tertiary/aromatic N) is 2. The number of hydrogen-bond donors (Lipinski definition) is 0. The number of aromatic nitrogens is 2. The number of carbonyl (C=O) groups excluding carboxylic acids is 1. The molecule has 0 saturated heterocycles. The van der Waals surface area contributed by atoms with Gasteiger partial charge in [0.25, 0.3) is 11.1 Å². The van der Waals surface area contributed by atoms with Crippen LogP contribution in [-0.4, -0.2) is 36.0 Å². The van der Waals surface area contributed by atoms with Crippen molar-refractivity contribution < 1.29 is 18.7 Å². The lowest BCUT2D eigenvalue weighted by Gasteiger charge is -2.07. The largest absolute Gasteiger partial charge is 0.497 e. The SMILES string of the molecule is COc1ccc(-c2nnc(SCC(=O)c3cc(C)ccc3C)o2)c(OC)c1. The van der Waals surface area contributed by atoms with Crippen molar-refractivity contribution in [1.29, 1.82) is 0 Å². The highest BCUT2D eigenvalue weighted by molar-refractivity contribution is 7.99. The molecule has 1 aromatic heterocycles. The number of methoxy groups -OCH3 is 2. The van der Waals surface area contributed by atoms with Gasteiger partial charge >= 0.3 is 0 Å². The molecule has 0 saturated carbocycles. The standard InChI is InChI=1S/C20H20N2O4S/c1-12-5-6-13(2)16(9-12)17(23)11-27-20-22-21-19(26-20)15-8-7-14(24-3)10-18(15)25-4/h5-10H,11H2,1-4H3. The molecule has 0 atom stereocenters. The van der Waals surface area contributed by atoms with E-state index in [2.05, 4.69) is 10.2 Å². The number of aryl methyl sites for hydroxylation is 2. The normalized spacial score (nSPS) is 10.7. The Balaban J connectivity index is 1.73. The molecule has 0 aliphatic rings. The first-order chi connectivity index (χ1) is 13.0. The molecule has 140 valence electrons. The molecule has 2 aromatic carbocycles. The van der Waals surface area contributed by atoms with E-state index in [-0.39, 0.29) is 11.5 Å². The van der Waals surface area contributed by atoms with Crippen molar-refractivity contribution >= 4 is 17.5 Å². The summed E-state index contributed by atoms with van der Waals surface area (Å²) in [5, 5.41) is 8.42. The summed E-state index contributed by atoms with van der Waals surface area (Å²) in [6, 6.07) is 11.2. The first-order valence-corrected chi connectivity index (χ1v) is 9.29. The van der Waals surface area contributed by atoms with E-state index in [9.17, 15) is 4.79 Å². The number of carbonyl (C=O) groups is 1. The highest BCUT2D eigenvalue weighted by Gasteiger charge is 2.17. The van der Waals surface area contributed by atoms with Gasteiger partial charge in [-0.1, -0.05) is 29.5 Å². The molecule has 0 fully saturated rings. The number of hydrogen-bond acceptors (Lipinski definition) is 7. The molecule has 3 aromatic rings. The average Bonchev–Trinajstić information content (AvgIpc) is 3.16. The molecule has 7 heteroatoms. The Morgan fingerprint density at radius 1 is 1.07 bits per heavy atom. The molecule has 3 rings (SSSR count). The summed E-state index contributed by atoms with van der Waals surface area (Å²) in [6.45, 7) is 3.90. The van der Waals surface area contributed by atoms with Gasteiger partial charge in [-0.3, -0.25) is 4.79 Å². The fourth-order valence-electron chi connectivity index (χ4n) is 2.59. The molecule has 0 spiro atoms. The Kier molecular flexibility index (Phi) is 5.81. The van der Waals surface area contributed by atoms with Gasteiger partial charge in [0, 0.05) is 11.6 Å². The summed E-state index contributed by atoms with van der Waals surface area (Å²) >= 11 is 1.22. The van der Waals surface area contributed by atoms with Crippen LogP contribution in [0.1, 0.15) is 21.5 Å². The van der Waals surface area contributed by atoms with Gasteiger partial charge in [0.05, 0.1) is 25.5 Å². The van der Waals surface area contributed by atoms with Crippen LogP contribution in [0.4, 0.5) is 0 Å². The predicted molar refractivity (Wildman–Crippen MR) is 104 cm³/mol. The van der Waals surface area contributed by atoms with E-state index in [0.29, 0.717) is 28.2 Å². The predicted octanol–water partition coefficient (Wildman–Crippen LogP) is 4.35. The molecular formula is C20H20N2O4S. The summed E-state index contributed by atoms with van der Waals surface area (Å²) in [6.07, 6.45) is 0. The second-order valence-corrected chi connectivity index (χ2v) is 6.90. The molecule has 0 amide bonds. The quantitative estimate of drug-likeness (QED) is 0.443. The number of ketones is 1. The monoisotopic (exact) mass is 384 g/mol. The third kappa shape index (κ3) is 4.31. The fraction of sp³-hybridized carbons (Fsp3) is 0.250. The van der Waals surface area contributed by atoms with E-state index in [1.54, 1.807) is 32.4 Å². The second kappa shape index (κ2) is 8.26. The van der Waals surface area contributed by atoms with Gasteiger partial charge in [-0.05, 0) is 37.6 Å². The zero-order valence-corrected chi connectivity index (χ0v) is 16.4. The van der Waals surface area contributed by atoms with Crippen LogP contribution in [0.15, 0.2) is 46.0 Å². The Bertz CT molecular complexity index is 968. The van der Waals surface area contributed by atoms with Crippen molar-refractivity contribution in [3.05, 3.63) is 53.1 Å². The number of rotatable bonds is 7. The van der Waals surface area contributed by atoms with Crippen LogP contribution in [0.25, 0.3) is 11.5 Å². The average molecular weight is 384 g/mol. The van der Waals surface area contributed by atoms with Gasteiger partial charge in [-0.15, -0.1) is 10.2 Å². The van der Waals surface area contributed by atoms with Gasteiger partial charge in [0.2, 0.25) is 0 Å². The molecule has 0 radical (unpaired) electrons. The summed E-state index contributed by atoms with van der Waals surface area (Å²) in [5.41, 5.74) is 3.40. The summed E-state index contributed by atoms with van der Waals surface area (Å²) in [7, 11) is 3.15. The van der Waals surface area contributed by atoms with Crippen LogP contribution >= 0.6 is 11.8 Å². The Morgan fingerprint density at radius 3 is 2.63 bits per heavy atom. The van der Waals surface area contributed by atoms with E-state index < -0.39 is 0 Å². The lowest BCUT2D eigenvalue weighted by Crippen LogP contribution is -2.05. The van der Waals surface area contributed by atoms with Crippen LogP contribution in [-0.2, 0) is 0 Å². The first kappa shape index (κ1) is 19.0. The smallest absolute Gasteiger partial charge is 0.277 e. The van der Waals surface area contributed by atoms with E-state index in [4.69, 9.17) is 13.9 Å². The van der Waals surface area contributed by atoms with E-state index in [1.807, 2.05) is 32.0 Å². The maximum Gasteiger partial charge on any atom is 0.277 e. The van der Waals surface area contributed by atoms with Gasteiger partial charge in [0.1, 0.15) is 11.5 Å². The molecular weight excluding hydrogens is 364 g/mol. The van der Waals surface area contributed by atoms with Crippen molar-refractivity contribution in [2.75, 3.05) is 20.0 Å². The Morgan fingerprint density at radius 2 is 1.89 bits per heavy atom. The molecule has 0 N–H and O–H groups in total. The van der Waals surface area contributed by atoms with Crippen LogP contribution in [0.2, 0.25) is 0 Å². The second-order valence-electron chi connectivity index (χ2n) is 5.97. The minimum Gasteiger partial charge on any atom is -0.497 e. The number of ether oxygens (including phenoxy) is 2. The van der Waals surface area contributed by atoms with Crippen molar-refractivity contribution in [2.45, 2.75) is 19.1 Å². The maximum absolute atomic E-state index is 12.5. The van der Waals surface area contributed by atoms with Crippen molar-refractivity contribution in [2.24, 2.45) is 0 Å². The van der Waals surface area contributed by atoms with Crippen LogP contribution in [0, 0.1) is 13.8 Å². The number of benzene rings is 2. The number of Topliss-reactive ketones (excluding diaryl/α,β-unsaturated/α-hetero) is 1. The van der Waals surface area contributed by atoms with Crippen LogP contribution in [0.5, 0.6) is 11.5 Å². The molecule has 0 aliphatic heterocycles. The van der Waals surface area contributed by atoms with Crippen LogP contribution < -0.4 is 9.47 Å². The highest BCUT2D eigenvalue weighted by atomic mass is 32.2. The zero-order chi connectivity index (χ0) is 19.4. The zero-order valence-electron chi connectivity index (χ0n) is 15.6. The molecule has 27 heavy (non-hydrogen) atoms. The molecule has 0 aliphatic carbocycles. The molecule has 6 nitrogen and oxygen atoms in total. The van der Waals surface area contributed by atoms with E-state index >= 15 is 0 Å². The third-order valence-corrected chi connectivity index (χ3v) is 4.88. The lowest BCUT2D eigenvalue weighted by molar-refractivity contribution is 0.102. The van der Waals surface area contributed by atoms with Gasteiger partial charge in [0.15, 0.2) is 5.78 Å². The summed E-state index contributed by atoms with van der Waals surface area (Å²) in [5.74, 6) is 1.83. The van der Waals surface area contributed by atoms with Gasteiger partial charge in [-0.2, -0.15) is 0 Å². The minimum absolute atomic E-state index is 0.0305. The van der Waals surface area contributed by atoms with E-state index in [0.717, 1.165) is 16.7 Å². The third-order valence-electron chi connectivity index (χ3n) is 4.07. The van der Waals surface area contributed by atoms with Crippen molar-refractivity contribution in [3.63, 3.8) is 0 Å². The molecule has 1 heterocycles. The molecule has 0 bridgehead atoms. The number of thioether (sulfide) groups is 1. The summed E-state index contributed by atoms with van der Waals surface area (Å²) < 4.78 is 16.2. The minimum atomic E-state index is 0.0305. The van der Waals surface area contributed by atoms with Crippen LogP contribution in [0.3, 0.4) is 0 Å².